The van der Waals surface area contributed by atoms with E-state index >= 15 is 0 Å². The fourth-order valence-electron chi connectivity index (χ4n) is 3.80. The van der Waals surface area contributed by atoms with Crippen LogP contribution in [0.15, 0.2) is 54.6 Å². The first-order valence-corrected chi connectivity index (χ1v) is 11.5. The van der Waals surface area contributed by atoms with E-state index in [2.05, 4.69) is 10.6 Å². The molecule has 5 N–H and O–H groups in total. The highest BCUT2D eigenvalue weighted by atomic mass is 16.5. The van der Waals surface area contributed by atoms with Gasteiger partial charge in [-0.2, -0.15) is 0 Å². The monoisotopic (exact) mass is 485 g/mol. The summed E-state index contributed by atoms with van der Waals surface area (Å²) in [6.45, 7) is 5.20. The van der Waals surface area contributed by atoms with Crippen LogP contribution in [-0.4, -0.2) is 46.8 Å². The van der Waals surface area contributed by atoms with Crippen LogP contribution in [0.4, 0.5) is 0 Å². The highest BCUT2D eigenvalue weighted by molar-refractivity contribution is 5.95. The SMILES string of the molecule is COc1ccc(C[C@H](NC(=O)[C@](O)(CC(C)C)[C@H](C)C(=O)NO)C(=O)NCc2ccccc2)cc1. The zero-order chi connectivity index (χ0) is 26.0. The van der Waals surface area contributed by atoms with Gasteiger partial charge in [-0.3, -0.25) is 19.6 Å². The number of hydrogen-bond donors (Lipinski definition) is 5. The van der Waals surface area contributed by atoms with Gasteiger partial charge >= 0.3 is 0 Å². The Morgan fingerprint density at radius 3 is 2.11 bits per heavy atom. The average molecular weight is 486 g/mol. The number of carbonyl (C=O) groups excluding carboxylic acids is 3. The molecule has 0 aliphatic carbocycles. The lowest BCUT2D eigenvalue weighted by atomic mass is 9.80. The van der Waals surface area contributed by atoms with Gasteiger partial charge in [0.2, 0.25) is 11.8 Å². The predicted octanol–water partition coefficient (Wildman–Crippen LogP) is 1.96. The highest BCUT2D eigenvalue weighted by Gasteiger charge is 2.46. The van der Waals surface area contributed by atoms with Crippen molar-refractivity contribution in [2.75, 3.05) is 7.11 Å². The molecule has 0 radical (unpaired) electrons. The first-order valence-electron chi connectivity index (χ1n) is 11.5. The number of rotatable bonds is 12. The van der Waals surface area contributed by atoms with E-state index in [1.807, 2.05) is 30.3 Å². The third-order valence-corrected chi connectivity index (χ3v) is 5.86. The number of carbonyl (C=O) groups is 3. The zero-order valence-electron chi connectivity index (χ0n) is 20.6. The number of hydroxylamine groups is 1. The van der Waals surface area contributed by atoms with Crippen LogP contribution < -0.4 is 20.9 Å². The Morgan fingerprint density at radius 1 is 0.943 bits per heavy atom. The van der Waals surface area contributed by atoms with E-state index in [1.54, 1.807) is 45.2 Å². The molecule has 0 aliphatic heterocycles. The minimum atomic E-state index is -2.14. The molecule has 0 spiro atoms. The largest absolute Gasteiger partial charge is 0.497 e. The Morgan fingerprint density at radius 2 is 1.57 bits per heavy atom. The summed E-state index contributed by atoms with van der Waals surface area (Å²) in [6, 6.07) is 15.4. The van der Waals surface area contributed by atoms with Gasteiger partial charge in [0, 0.05) is 13.0 Å². The fraction of sp³-hybridized carbons (Fsp3) is 0.423. The van der Waals surface area contributed by atoms with Gasteiger partial charge in [0.15, 0.2) is 5.60 Å². The molecule has 3 atom stereocenters. The van der Waals surface area contributed by atoms with Crippen LogP contribution >= 0.6 is 0 Å². The van der Waals surface area contributed by atoms with Crippen molar-refractivity contribution in [3.63, 3.8) is 0 Å². The lowest BCUT2D eigenvalue weighted by Gasteiger charge is -2.34. The van der Waals surface area contributed by atoms with Crippen LogP contribution in [0.25, 0.3) is 0 Å². The van der Waals surface area contributed by atoms with E-state index in [0.717, 1.165) is 11.1 Å². The predicted molar refractivity (Wildman–Crippen MR) is 130 cm³/mol. The van der Waals surface area contributed by atoms with Crippen molar-refractivity contribution in [2.24, 2.45) is 11.8 Å². The first kappa shape index (κ1) is 27.8. The lowest BCUT2D eigenvalue weighted by molar-refractivity contribution is -0.159. The van der Waals surface area contributed by atoms with Gasteiger partial charge in [0.25, 0.3) is 5.91 Å². The molecule has 0 aromatic heterocycles. The van der Waals surface area contributed by atoms with Gasteiger partial charge in [-0.1, -0.05) is 63.2 Å². The molecule has 0 saturated heterocycles. The van der Waals surface area contributed by atoms with Crippen molar-refractivity contribution in [1.29, 1.82) is 0 Å². The molecule has 0 saturated carbocycles. The van der Waals surface area contributed by atoms with E-state index in [1.165, 1.54) is 12.4 Å². The molecule has 0 fully saturated rings. The zero-order valence-corrected chi connectivity index (χ0v) is 20.6. The molecule has 2 rings (SSSR count). The summed E-state index contributed by atoms with van der Waals surface area (Å²) in [4.78, 5) is 38.5. The van der Waals surface area contributed by atoms with E-state index < -0.39 is 35.3 Å². The number of amides is 3. The van der Waals surface area contributed by atoms with Gasteiger partial charge in [0.05, 0.1) is 13.0 Å². The summed E-state index contributed by atoms with van der Waals surface area (Å²) < 4.78 is 5.17. The molecular formula is C26H35N3O6. The molecule has 2 aromatic carbocycles. The Hall–Kier alpha value is -3.43. The summed E-state index contributed by atoms with van der Waals surface area (Å²) in [6.07, 6.45) is 0.100. The molecule has 0 bridgehead atoms. The Labute approximate surface area is 205 Å². The standard InChI is InChI=1S/C26H35N3O6/c1-17(2)15-26(33,18(3)23(30)29-34)25(32)28-22(14-19-10-12-21(35-4)13-11-19)24(31)27-16-20-8-6-5-7-9-20/h5-13,17-18,22,33-34H,14-16H2,1-4H3,(H,27,31)(H,28,32)(H,29,30)/t18-,22+,26+/m1/s1. The van der Waals surface area contributed by atoms with Gasteiger partial charge in [-0.05, 0) is 35.6 Å². The molecule has 9 heteroatoms. The Bertz CT molecular complexity index is 980. The van der Waals surface area contributed by atoms with Crippen molar-refractivity contribution < 1.29 is 29.4 Å². The van der Waals surface area contributed by atoms with Crippen molar-refractivity contribution >= 4 is 17.7 Å². The second-order valence-electron chi connectivity index (χ2n) is 9.00. The van der Waals surface area contributed by atoms with Crippen LogP contribution in [0.5, 0.6) is 5.75 Å². The maximum Gasteiger partial charge on any atom is 0.253 e. The topological polar surface area (TPSA) is 137 Å². The molecule has 0 heterocycles. The maximum atomic E-state index is 13.3. The highest BCUT2D eigenvalue weighted by Crippen LogP contribution is 2.27. The third kappa shape index (κ3) is 7.80. The van der Waals surface area contributed by atoms with Crippen molar-refractivity contribution in [2.45, 2.75) is 51.8 Å². The molecule has 190 valence electrons. The van der Waals surface area contributed by atoms with Crippen molar-refractivity contribution in [3.8, 4) is 5.75 Å². The van der Waals surface area contributed by atoms with Crippen LogP contribution in [0.2, 0.25) is 0 Å². The van der Waals surface area contributed by atoms with Crippen LogP contribution in [0, 0.1) is 11.8 Å². The number of benzene rings is 2. The van der Waals surface area contributed by atoms with Gasteiger partial charge < -0.3 is 20.5 Å². The normalized spacial score (nSPS) is 14.4. The van der Waals surface area contributed by atoms with Crippen molar-refractivity contribution in [3.05, 3.63) is 65.7 Å². The smallest absolute Gasteiger partial charge is 0.253 e. The summed E-state index contributed by atoms with van der Waals surface area (Å²) >= 11 is 0. The summed E-state index contributed by atoms with van der Waals surface area (Å²) in [5.41, 5.74) is 1.01. The first-order chi connectivity index (χ1) is 16.6. The molecule has 35 heavy (non-hydrogen) atoms. The molecule has 0 aliphatic rings. The van der Waals surface area contributed by atoms with Crippen LogP contribution in [0.1, 0.15) is 38.3 Å². The van der Waals surface area contributed by atoms with E-state index in [-0.39, 0.29) is 25.3 Å². The van der Waals surface area contributed by atoms with E-state index in [0.29, 0.717) is 5.75 Å². The van der Waals surface area contributed by atoms with Crippen molar-refractivity contribution in [1.82, 2.24) is 16.1 Å². The number of methoxy groups -OCH3 is 1. The number of ether oxygens (including phenoxy) is 1. The van der Waals surface area contributed by atoms with Gasteiger partial charge in [0.1, 0.15) is 11.8 Å². The van der Waals surface area contributed by atoms with Gasteiger partial charge in [-0.15, -0.1) is 0 Å². The fourth-order valence-corrected chi connectivity index (χ4v) is 3.80. The minimum absolute atomic E-state index is 0.0473. The molecular weight excluding hydrogens is 450 g/mol. The molecule has 9 nitrogen and oxygen atoms in total. The van der Waals surface area contributed by atoms with Gasteiger partial charge in [-0.25, -0.2) is 5.48 Å². The number of aliphatic hydroxyl groups is 1. The van der Waals surface area contributed by atoms with E-state index in [9.17, 15) is 19.5 Å². The summed E-state index contributed by atoms with van der Waals surface area (Å²) in [5.74, 6) is -2.96. The molecule has 0 unspecified atom stereocenters. The van der Waals surface area contributed by atoms with Crippen LogP contribution in [-0.2, 0) is 27.3 Å². The maximum absolute atomic E-state index is 13.3. The van der Waals surface area contributed by atoms with E-state index in [4.69, 9.17) is 9.94 Å². The lowest BCUT2D eigenvalue weighted by Crippen LogP contribution is -2.60. The second-order valence-corrected chi connectivity index (χ2v) is 9.00. The average Bonchev–Trinajstić information content (AvgIpc) is 2.86. The Kier molecular flexibility index (Phi) is 10.2. The summed E-state index contributed by atoms with van der Waals surface area (Å²) in [7, 11) is 1.55. The third-order valence-electron chi connectivity index (χ3n) is 5.86. The quantitative estimate of drug-likeness (QED) is 0.230. The number of nitrogens with one attached hydrogen (secondary N) is 3. The number of hydrogen-bond acceptors (Lipinski definition) is 6. The second kappa shape index (κ2) is 12.9. The molecule has 2 aromatic rings. The van der Waals surface area contributed by atoms with Crippen LogP contribution in [0.3, 0.4) is 0 Å². The summed E-state index contributed by atoms with van der Waals surface area (Å²) in [5, 5.41) is 25.8. The Balaban J connectivity index is 2.28. The minimum Gasteiger partial charge on any atom is -0.497 e. The molecule has 3 amide bonds.